The van der Waals surface area contributed by atoms with E-state index in [-0.39, 0.29) is 11.5 Å². The topological polar surface area (TPSA) is 81.5 Å². The summed E-state index contributed by atoms with van der Waals surface area (Å²) in [6, 6.07) is 8.48. The molecule has 0 radical (unpaired) electrons. The normalized spacial score (nSPS) is 11.1. The van der Waals surface area contributed by atoms with E-state index in [1.54, 1.807) is 10.5 Å². The zero-order valence-electron chi connectivity index (χ0n) is 8.57. The van der Waals surface area contributed by atoms with Gasteiger partial charge in [-0.15, -0.1) is 0 Å². The number of rotatable bonds is 1. The Morgan fingerprint density at radius 1 is 1.35 bits per heavy atom. The van der Waals surface area contributed by atoms with E-state index in [4.69, 9.17) is 5.11 Å². The van der Waals surface area contributed by atoms with Crippen LogP contribution in [0.3, 0.4) is 0 Å². The summed E-state index contributed by atoms with van der Waals surface area (Å²) in [5.74, 6) is -1.21. The molecule has 6 nitrogen and oxygen atoms in total. The molecule has 0 amide bonds. The molecule has 1 aromatic carbocycles. The maximum atomic E-state index is 11.8. The van der Waals surface area contributed by atoms with Gasteiger partial charge < -0.3 is 10.3 Å². The first-order valence-corrected chi connectivity index (χ1v) is 4.91. The van der Waals surface area contributed by atoms with E-state index in [0.29, 0.717) is 10.2 Å². The average molecular weight is 229 g/mol. The van der Waals surface area contributed by atoms with Crippen LogP contribution in [0.2, 0.25) is 0 Å². The number of carboxylic acid groups (broad SMARTS) is 1. The van der Waals surface area contributed by atoms with E-state index < -0.39 is 5.97 Å². The van der Waals surface area contributed by atoms with Gasteiger partial charge in [0, 0.05) is 6.07 Å². The zero-order chi connectivity index (χ0) is 12.0. The fourth-order valence-electron chi connectivity index (χ4n) is 1.80. The van der Waals surface area contributed by atoms with Crippen molar-refractivity contribution in [3.63, 3.8) is 0 Å². The molecule has 84 valence electrons. The first-order chi connectivity index (χ1) is 8.18. The quantitative estimate of drug-likeness (QED) is 0.494. The maximum absolute atomic E-state index is 11.8. The molecule has 0 saturated heterocycles. The molecule has 17 heavy (non-hydrogen) atoms. The van der Waals surface area contributed by atoms with E-state index >= 15 is 0 Å². The molecule has 3 rings (SSSR count). The minimum Gasteiger partial charge on any atom is -0.739 e. The molecule has 0 aliphatic rings. The Morgan fingerprint density at radius 3 is 2.88 bits per heavy atom. The second kappa shape index (κ2) is 3.18. The Kier molecular flexibility index (Phi) is 1.79. The molecule has 2 heterocycles. The molecule has 0 fully saturated rings. The van der Waals surface area contributed by atoms with Gasteiger partial charge in [-0.1, -0.05) is 17.1 Å². The number of hydrogen-bond donors (Lipinski definition) is 1. The van der Waals surface area contributed by atoms with Gasteiger partial charge in [0.2, 0.25) is 0 Å². The molecule has 0 aliphatic heterocycles. The summed E-state index contributed by atoms with van der Waals surface area (Å²) in [6.07, 6.45) is 1.53. The number of imidazole rings is 1. The molecule has 0 unspecified atom stereocenters. The molecule has 6 heteroatoms. The number of para-hydroxylation sites is 2. The largest absolute Gasteiger partial charge is 0.739 e. The minimum atomic E-state index is -1.27. The van der Waals surface area contributed by atoms with Gasteiger partial charge in [-0.25, -0.2) is 9.52 Å². The van der Waals surface area contributed by atoms with Crippen molar-refractivity contribution in [2.24, 2.45) is 0 Å². The number of carbonyl (C=O) groups is 1. The van der Waals surface area contributed by atoms with Gasteiger partial charge in [0.25, 0.3) is 0 Å². The lowest BCUT2D eigenvalue weighted by atomic mass is 10.3. The van der Waals surface area contributed by atoms with Crippen molar-refractivity contribution in [1.29, 1.82) is 0 Å². The second-order valence-corrected chi connectivity index (χ2v) is 3.57. The molecule has 2 aromatic heterocycles. The van der Waals surface area contributed by atoms with Crippen LogP contribution in [0.1, 0.15) is 10.5 Å². The number of nitrogens with zero attached hydrogens (tertiary/aromatic N) is 3. The number of aromatic nitrogens is 3. The monoisotopic (exact) mass is 229 g/mol. The summed E-state index contributed by atoms with van der Waals surface area (Å²) in [5, 5.41) is 20.6. The van der Waals surface area contributed by atoms with E-state index in [2.05, 4.69) is 4.98 Å². The van der Waals surface area contributed by atoms with Crippen molar-refractivity contribution in [2.45, 2.75) is 0 Å². The number of carboxylic acids is 1. The highest BCUT2D eigenvalue weighted by molar-refractivity contribution is 5.84. The van der Waals surface area contributed by atoms with Gasteiger partial charge in [-0.05, 0) is 12.1 Å². The highest BCUT2D eigenvalue weighted by Crippen LogP contribution is 2.13. The van der Waals surface area contributed by atoms with Gasteiger partial charge >= 0.3 is 11.7 Å². The smallest absolute Gasteiger partial charge is 0.405 e. The van der Waals surface area contributed by atoms with Crippen LogP contribution in [0.25, 0.3) is 16.8 Å². The van der Waals surface area contributed by atoms with Crippen LogP contribution in [-0.2, 0) is 0 Å². The van der Waals surface area contributed by atoms with Crippen LogP contribution in [0.5, 0.6) is 0 Å². The second-order valence-electron chi connectivity index (χ2n) is 3.57. The predicted molar refractivity (Wildman–Crippen MR) is 58.6 cm³/mol. The van der Waals surface area contributed by atoms with Crippen molar-refractivity contribution in [3.05, 3.63) is 47.4 Å². The Morgan fingerprint density at radius 2 is 2.12 bits per heavy atom. The lowest BCUT2D eigenvalue weighted by Crippen LogP contribution is -2.37. The molecule has 3 aromatic rings. The first-order valence-electron chi connectivity index (χ1n) is 4.91. The molecule has 0 atom stereocenters. The lowest BCUT2D eigenvalue weighted by molar-refractivity contribution is -0.586. The molecule has 0 spiro atoms. The summed E-state index contributed by atoms with van der Waals surface area (Å²) >= 11 is 0. The molecular weight excluding hydrogens is 222 g/mol. The summed E-state index contributed by atoms with van der Waals surface area (Å²) < 4.78 is 1.89. The zero-order valence-corrected chi connectivity index (χ0v) is 8.57. The highest BCUT2D eigenvalue weighted by atomic mass is 16.5. The lowest BCUT2D eigenvalue weighted by Gasteiger charge is -2.06. The van der Waals surface area contributed by atoms with Crippen molar-refractivity contribution in [1.82, 2.24) is 9.38 Å². The van der Waals surface area contributed by atoms with E-state index in [1.807, 2.05) is 18.2 Å². The minimum absolute atomic E-state index is 0.0612. The number of benzene rings is 1. The fourth-order valence-corrected chi connectivity index (χ4v) is 1.80. The van der Waals surface area contributed by atoms with Crippen LogP contribution < -0.4 is 4.73 Å². The molecular formula is C11H7N3O3. The number of fused-ring (bicyclic) bond motifs is 3. The third-order valence-electron chi connectivity index (χ3n) is 2.58. The van der Waals surface area contributed by atoms with Gasteiger partial charge in [0.05, 0.1) is 6.20 Å². The summed E-state index contributed by atoms with van der Waals surface area (Å²) in [6.45, 7) is 0. The van der Waals surface area contributed by atoms with Crippen molar-refractivity contribution in [2.75, 3.05) is 0 Å². The average Bonchev–Trinajstić information content (AvgIpc) is 2.69. The van der Waals surface area contributed by atoms with Crippen LogP contribution in [-0.4, -0.2) is 20.5 Å². The number of hydrogen-bond acceptors (Lipinski definition) is 3. The van der Waals surface area contributed by atoms with Gasteiger partial charge in [0.1, 0.15) is 5.52 Å². The Hall–Kier alpha value is -2.63. The fraction of sp³-hybridized carbons (Fsp3) is 0. The van der Waals surface area contributed by atoms with Crippen LogP contribution in [0, 0.1) is 5.21 Å². The van der Waals surface area contributed by atoms with Crippen molar-refractivity contribution >= 4 is 22.8 Å². The van der Waals surface area contributed by atoms with Crippen LogP contribution in [0.4, 0.5) is 0 Å². The third-order valence-corrected chi connectivity index (χ3v) is 2.58. The van der Waals surface area contributed by atoms with Gasteiger partial charge in [-0.3, -0.25) is 0 Å². The first kappa shape index (κ1) is 9.59. The van der Waals surface area contributed by atoms with E-state index in [1.165, 1.54) is 12.3 Å². The Labute approximate surface area is 94.9 Å². The standard InChI is InChI=1S/C11H7N3O3/c15-10(16)9-5-6-13-8-4-2-1-3-7(8)12-11(13)14(9)17/h1-6H,(H,15,16). The van der Waals surface area contributed by atoms with Crippen molar-refractivity contribution < 1.29 is 14.6 Å². The number of aromatic carboxylic acids is 1. The van der Waals surface area contributed by atoms with Gasteiger partial charge in [-0.2, -0.15) is 4.40 Å². The Balaban J connectivity index is 2.48. The van der Waals surface area contributed by atoms with Crippen LogP contribution in [0.15, 0.2) is 36.5 Å². The highest BCUT2D eigenvalue weighted by Gasteiger charge is 2.18. The van der Waals surface area contributed by atoms with Gasteiger partial charge in [0.15, 0.2) is 11.2 Å². The van der Waals surface area contributed by atoms with E-state index in [9.17, 15) is 10.0 Å². The maximum Gasteiger partial charge on any atom is 0.405 e. The molecule has 0 aliphatic carbocycles. The van der Waals surface area contributed by atoms with Crippen LogP contribution >= 0.6 is 0 Å². The summed E-state index contributed by atoms with van der Waals surface area (Å²) in [7, 11) is 0. The van der Waals surface area contributed by atoms with E-state index in [0.717, 1.165) is 5.52 Å². The summed E-state index contributed by atoms with van der Waals surface area (Å²) in [5.41, 5.74) is 1.08. The molecule has 1 N–H and O–H groups in total. The predicted octanol–water partition coefficient (Wildman–Crippen LogP) is 0.819. The Bertz CT molecular complexity index is 748. The van der Waals surface area contributed by atoms with Crippen molar-refractivity contribution in [3.8, 4) is 0 Å². The third kappa shape index (κ3) is 1.24. The SMILES string of the molecule is O=C(O)c1ccn2c3ccccc3nc2[n+]1[O-]. The molecule has 0 bridgehead atoms. The molecule has 0 saturated carbocycles. The summed E-state index contributed by atoms with van der Waals surface area (Å²) in [4.78, 5) is 14.9.